The van der Waals surface area contributed by atoms with Gasteiger partial charge in [0.25, 0.3) is 0 Å². The first-order valence-corrected chi connectivity index (χ1v) is 16.4. The minimum Gasteiger partial charge on any atom is -0.457 e. The quantitative estimate of drug-likeness (QED) is 0.349. The second-order valence-electron chi connectivity index (χ2n) is 13.6. The molecule has 0 radical (unpaired) electrons. The number of hydrogen-bond donors (Lipinski definition) is 2. The molecule has 12 heteroatoms. The summed E-state index contributed by atoms with van der Waals surface area (Å²) in [5, 5.41) is 0. The maximum atomic E-state index is 15.9. The molecule has 1 amide bonds. The number of carbonyl (C=O) groups excluding carboxylic acids is 1. The number of aliphatic imine (C=N–C) groups is 1. The van der Waals surface area contributed by atoms with Crippen molar-refractivity contribution in [3.8, 4) is 11.5 Å². The third-order valence-electron chi connectivity index (χ3n) is 9.13. The Kier molecular flexibility index (Phi) is 9.60. The van der Waals surface area contributed by atoms with Crippen molar-refractivity contribution in [1.29, 1.82) is 0 Å². The Balaban J connectivity index is 1.08. The number of anilines is 2. The van der Waals surface area contributed by atoms with Crippen LogP contribution in [0.25, 0.3) is 0 Å². The molecule has 4 N–H and O–H groups in total. The normalized spacial score (nSPS) is 22.1. The molecular weight excluding hydrogens is 599 g/mol. The van der Waals surface area contributed by atoms with Gasteiger partial charge < -0.3 is 25.8 Å². The third-order valence-corrected chi connectivity index (χ3v) is 9.13. The molecule has 3 saturated heterocycles. The van der Waals surface area contributed by atoms with Crippen molar-refractivity contribution in [2.24, 2.45) is 4.99 Å². The average Bonchev–Trinajstić information content (AvgIpc) is 3.01. The van der Waals surface area contributed by atoms with Crippen molar-refractivity contribution in [3.63, 3.8) is 0 Å². The molecule has 0 saturated carbocycles. The molecule has 3 fully saturated rings. The number of rotatable bonds is 7. The summed E-state index contributed by atoms with van der Waals surface area (Å²) in [7, 11) is 0. The molecule has 2 aromatic carbocycles. The molecule has 1 aromatic heterocycles. The van der Waals surface area contributed by atoms with Gasteiger partial charge in [0.05, 0.1) is 17.3 Å². The molecule has 11 nitrogen and oxygen atoms in total. The highest BCUT2D eigenvalue weighted by Crippen LogP contribution is 2.30. The highest BCUT2D eigenvalue weighted by atomic mass is 19.1. The fraction of sp³-hybridized carbons (Fsp3) is 0.486. The van der Waals surface area contributed by atoms with Crippen molar-refractivity contribution >= 4 is 23.4 Å². The number of benzene rings is 2. The number of alkyl halides is 1. The lowest BCUT2D eigenvalue weighted by Gasteiger charge is -2.49. The van der Waals surface area contributed by atoms with Crippen LogP contribution in [0.2, 0.25) is 0 Å². The Morgan fingerprint density at radius 2 is 1.47 bits per heavy atom. The molecule has 6 rings (SSSR count). The molecule has 2 atom stereocenters. The van der Waals surface area contributed by atoms with Gasteiger partial charge in [0.2, 0.25) is 0 Å². The number of nitrogens with zero attached hydrogens (tertiary/aromatic N) is 6. The van der Waals surface area contributed by atoms with E-state index in [1.54, 1.807) is 4.90 Å². The first kappa shape index (κ1) is 32.6. The SMILES string of the molecule is CC(C)(C)OC(=O)N1CC(N2CCC(N3CC[C@H](N=C(c4ccc(Oc5ccccc5)cc4)c4c(N)ncnc4N)[C@H](F)C3)CC2)C1. The number of piperidine rings is 2. The second-order valence-corrected chi connectivity index (χ2v) is 13.6. The summed E-state index contributed by atoms with van der Waals surface area (Å²) in [5.74, 6) is 1.77. The molecule has 3 aliphatic rings. The predicted molar refractivity (Wildman–Crippen MR) is 181 cm³/mol. The van der Waals surface area contributed by atoms with E-state index in [9.17, 15) is 4.79 Å². The Bertz CT molecular complexity index is 1530. The summed E-state index contributed by atoms with van der Waals surface area (Å²) in [6, 6.07) is 17.1. The van der Waals surface area contributed by atoms with Crippen LogP contribution in [0.3, 0.4) is 0 Å². The largest absolute Gasteiger partial charge is 0.457 e. The van der Waals surface area contributed by atoms with E-state index in [4.69, 9.17) is 25.9 Å². The number of carbonyl (C=O) groups is 1. The van der Waals surface area contributed by atoms with E-state index in [0.29, 0.717) is 55.2 Å². The summed E-state index contributed by atoms with van der Waals surface area (Å²) >= 11 is 0. The molecule has 0 aliphatic carbocycles. The third kappa shape index (κ3) is 7.82. The average molecular weight is 645 g/mol. The Labute approximate surface area is 275 Å². The van der Waals surface area contributed by atoms with E-state index >= 15 is 4.39 Å². The first-order chi connectivity index (χ1) is 22.5. The number of halogens is 1. The number of likely N-dealkylation sites (tertiary alicyclic amines) is 3. The van der Waals surface area contributed by atoms with Gasteiger partial charge in [-0.2, -0.15) is 0 Å². The minimum atomic E-state index is -1.15. The molecular formula is C35H45FN8O3. The Morgan fingerprint density at radius 3 is 2.09 bits per heavy atom. The Morgan fingerprint density at radius 1 is 0.851 bits per heavy atom. The van der Waals surface area contributed by atoms with Crippen LogP contribution in [0.1, 0.15) is 51.2 Å². The van der Waals surface area contributed by atoms with Crippen molar-refractivity contribution in [2.45, 2.75) is 69.9 Å². The minimum absolute atomic E-state index is 0.196. The highest BCUT2D eigenvalue weighted by Gasteiger charge is 2.40. The summed E-state index contributed by atoms with van der Waals surface area (Å²) in [6.07, 6.45) is 2.43. The maximum Gasteiger partial charge on any atom is 0.410 e. The molecule has 0 bridgehead atoms. The van der Waals surface area contributed by atoms with Gasteiger partial charge in [-0.3, -0.25) is 14.8 Å². The number of nitrogens with two attached hydrogens (primary N) is 2. The summed E-state index contributed by atoms with van der Waals surface area (Å²) in [4.78, 5) is 32.1. The van der Waals surface area contributed by atoms with E-state index in [1.807, 2.05) is 75.4 Å². The highest BCUT2D eigenvalue weighted by molar-refractivity contribution is 6.17. The standard InChI is InChI=1S/C35H45FN8O3/c1-35(2,3)47-34(45)44-19-25(20-44)42-16-13-24(14-17-42)43-18-15-29(28(36)21-43)41-31(30-32(37)39-22-40-33(30)38)23-9-11-27(12-10-23)46-26-7-5-4-6-8-26/h4-12,22,24-25,28-29H,13-21H2,1-3H3,(H4,37,38,39,40)/t28-,29+/m1/s1. The first-order valence-electron chi connectivity index (χ1n) is 16.4. The van der Waals surface area contributed by atoms with E-state index in [-0.39, 0.29) is 17.7 Å². The molecule has 0 unspecified atom stereocenters. The fourth-order valence-corrected chi connectivity index (χ4v) is 6.58. The van der Waals surface area contributed by atoms with Gasteiger partial charge >= 0.3 is 6.09 Å². The van der Waals surface area contributed by atoms with Crippen molar-refractivity contribution < 1.29 is 18.7 Å². The molecule has 4 heterocycles. The van der Waals surface area contributed by atoms with E-state index in [1.165, 1.54) is 6.33 Å². The smallest absolute Gasteiger partial charge is 0.410 e. The van der Waals surface area contributed by atoms with E-state index in [0.717, 1.165) is 43.8 Å². The molecule has 3 aliphatic heterocycles. The van der Waals surface area contributed by atoms with Crippen molar-refractivity contribution in [2.75, 3.05) is 50.7 Å². The van der Waals surface area contributed by atoms with E-state index in [2.05, 4.69) is 19.8 Å². The maximum absolute atomic E-state index is 15.9. The van der Waals surface area contributed by atoms with Gasteiger partial charge in [0.1, 0.15) is 41.2 Å². The van der Waals surface area contributed by atoms with Gasteiger partial charge in [-0.15, -0.1) is 0 Å². The van der Waals surface area contributed by atoms with Gasteiger partial charge in [-0.05, 0) is 76.4 Å². The zero-order chi connectivity index (χ0) is 33.1. The summed E-state index contributed by atoms with van der Waals surface area (Å²) in [5.41, 5.74) is 13.7. The van der Waals surface area contributed by atoms with Gasteiger partial charge in [-0.1, -0.05) is 18.2 Å². The fourth-order valence-electron chi connectivity index (χ4n) is 6.58. The lowest BCUT2D eigenvalue weighted by atomic mass is 9.94. The Hall–Kier alpha value is -4.29. The summed E-state index contributed by atoms with van der Waals surface area (Å²) < 4.78 is 27.4. The monoisotopic (exact) mass is 644 g/mol. The number of hydrogen-bond acceptors (Lipinski definition) is 10. The van der Waals surface area contributed by atoms with Crippen LogP contribution in [0.15, 0.2) is 65.9 Å². The zero-order valence-corrected chi connectivity index (χ0v) is 27.4. The number of amides is 1. The second kappa shape index (κ2) is 13.8. The summed E-state index contributed by atoms with van der Waals surface area (Å²) in [6.45, 7) is 9.99. The van der Waals surface area contributed by atoms with E-state index < -0.39 is 17.8 Å². The van der Waals surface area contributed by atoms with Gasteiger partial charge in [0, 0.05) is 56.9 Å². The van der Waals surface area contributed by atoms with Crippen LogP contribution in [0.5, 0.6) is 11.5 Å². The number of nitrogen functional groups attached to an aromatic ring is 2. The molecule has 0 spiro atoms. The predicted octanol–water partition coefficient (Wildman–Crippen LogP) is 4.77. The lowest BCUT2D eigenvalue weighted by Crippen LogP contribution is -2.63. The topological polar surface area (TPSA) is 135 Å². The number of para-hydroxylation sites is 1. The lowest BCUT2D eigenvalue weighted by molar-refractivity contribution is -0.0274. The van der Waals surface area contributed by atoms with Crippen molar-refractivity contribution in [3.05, 3.63) is 72.1 Å². The van der Waals surface area contributed by atoms with Crippen LogP contribution in [-0.2, 0) is 4.74 Å². The van der Waals surface area contributed by atoms with Gasteiger partial charge in [-0.25, -0.2) is 19.2 Å². The van der Waals surface area contributed by atoms with Crippen LogP contribution >= 0.6 is 0 Å². The molecule has 47 heavy (non-hydrogen) atoms. The van der Waals surface area contributed by atoms with Crippen molar-refractivity contribution in [1.82, 2.24) is 24.7 Å². The van der Waals surface area contributed by atoms with Crippen LogP contribution < -0.4 is 16.2 Å². The van der Waals surface area contributed by atoms with Crippen LogP contribution in [0.4, 0.5) is 20.8 Å². The van der Waals surface area contributed by atoms with Crippen LogP contribution in [-0.4, -0.2) is 106 Å². The van der Waals surface area contributed by atoms with Gasteiger partial charge in [0.15, 0.2) is 0 Å². The number of ether oxygens (including phenoxy) is 2. The van der Waals surface area contributed by atoms with Crippen LogP contribution in [0, 0.1) is 0 Å². The number of aromatic nitrogens is 2. The molecule has 3 aromatic rings. The molecule has 250 valence electrons. The zero-order valence-electron chi connectivity index (χ0n) is 27.4.